The van der Waals surface area contributed by atoms with E-state index < -0.39 is 29.6 Å². The first kappa shape index (κ1) is 25.9. The van der Waals surface area contributed by atoms with E-state index in [0.717, 1.165) is 44.9 Å². The molecular weight excluding hydrogens is 502 g/mol. The van der Waals surface area contributed by atoms with Crippen LogP contribution in [0.25, 0.3) is 0 Å². The van der Waals surface area contributed by atoms with Crippen molar-refractivity contribution in [2.75, 3.05) is 5.32 Å². The van der Waals surface area contributed by atoms with Crippen LogP contribution in [0.4, 0.5) is 5.69 Å². The van der Waals surface area contributed by atoms with Crippen LogP contribution in [0, 0.1) is 23.7 Å². The third-order valence-corrected chi connectivity index (χ3v) is 10.2. The summed E-state index contributed by atoms with van der Waals surface area (Å²) in [5.74, 6) is -1.28. The number of halogens is 1. The lowest BCUT2D eigenvalue weighted by Gasteiger charge is -2.44. The number of ether oxygens (including phenoxy) is 1. The van der Waals surface area contributed by atoms with E-state index in [9.17, 15) is 14.4 Å². The van der Waals surface area contributed by atoms with E-state index in [1.807, 2.05) is 17.1 Å². The van der Waals surface area contributed by atoms with Crippen molar-refractivity contribution >= 4 is 35.0 Å². The van der Waals surface area contributed by atoms with Gasteiger partial charge in [-0.2, -0.15) is 0 Å². The van der Waals surface area contributed by atoms with Gasteiger partial charge >= 0.3 is 0 Å². The van der Waals surface area contributed by atoms with E-state index in [-0.39, 0.29) is 35.7 Å². The molecule has 38 heavy (non-hydrogen) atoms. The predicted molar refractivity (Wildman–Crippen MR) is 145 cm³/mol. The highest BCUT2D eigenvalue weighted by molar-refractivity contribution is 6.30. The van der Waals surface area contributed by atoms with Gasteiger partial charge < -0.3 is 20.3 Å². The van der Waals surface area contributed by atoms with Crippen molar-refractivity contribution in [3.05, 3.63) is 41.4 Å². The first-order valence-corrected chi connectivity index (χ1v) is 14.7. The minimum absolute atomic E-state index is 0.0546. The summed E-state index contributed by atoms with van der Waals surface area (Å²) in [6.07, 6.45) is 11.6. The second kappa shape index (κ2) is 9.98. The number of nitrogens with one attached hydrogen (secondary N) is 2. The molecule has 3 amide bonds. The van der Waals surface area contributed by atoms with Crippen molar-refractivity contribution in [2.45, 2.75) is 95.0 Å². The highest BCUT2D eigenvalue weighted by Gasteiger charge is 2.73. The lowest BCUT2D eigenvalue weighted by molar-refractivity contribution is -0.146. The molecule has 0 radical (unpaired) electrons. The van der Waals surface area contributed by atoms with Crippen molar-refractivity contribution in [1.29, 1.82) is 0 Å². The zero-order valence-electron chi connectivity index (χ0n) is 22.2. The Kier molecular flexibility index (Phi) is 6.79. The van der Waals surface area contributed by atoms with E-state index in [0.29, 0.717) is 16.6 Å². The van der Waals surface area contributed by atoms with Crippen molar-refractivity contribution in [2.24, 2.45) is 23.7 Å². The second-order valence-electron chi connectivity index (χ2n) is 12.1. The molecule has 3 aliphatic heterocycles. The van der Waals surface area contributed by atoms with Crippen LogP contribution in [0.15, 0.2) is 36.4 Å². The number of fused-ring (bicyclic) bond motifs is 1. The van der Waals surface area contributed by atoms with Crippen molar-refractivity contribution < 1.29 is 19.1 Å². The first-order chi connectivity index (χ1) is 18.3. The van der Waals surface area contributed by atoms with Gasteiger partial charge in [-0.25, -0.2) is 0 Å². The van der Waals surface area contributed by atoms with Crippen LogP contribution in [0.3, 0.4) is 0 Å². The van der Waals surface area contributed by atoms with Gasteiger partial charge in [0.2, 0.25) is 17.7 Å². The molecule has 4 fully saturated rings. The van der Waals surface area contributed by atoms with Gasteiger partial charge in [-0.1, -0.05) is 75.8 Å². The summed E-state index contributed by atoms with van der Waals surface area (Å²) in [4.78, 5) is 44.0. The molecule has 2 N–H and O–H groups in total. The Morgan fingerprint density at radius 3 is 2.61 bits per heavy atom. The Morgan fingerprint density at radius 2 is 1.84 bits per heavy atom. The molecule has 2 aliphatic carbocycles. The fourth-order valence-electron chi connectivity index (χ4n) is 7.83. The zero-order chi connectivity index (χ0) is 26.6. The number of carbonyl (C=O) groups is 3. The van der Waals surface area contributed by atoms with E-state index in [1.165, 1.54) is 6.42 Å². The summed E-state index contributed by atoms with van der Waals surface area (Å²) in [5, 5.41) is 6.77. The highest BCUT2D eigenvalue weighted by Crippen LogP contribution is 2.56. The van der Waals surface area contributed by atoms with Gasteiger partial charge in [0.05, 0.1) is 17.9 Å². The number of carbonyl (C=O) groups excluding carboxylic acids is 3. The van der Waals surface area contributed by atoms with E-state index in [1.54, 1.807) is 24.3 Å². The number of benzene rings is 1. The van der Waals surface area contributed by atoms with Crippen LogP contribution in [0.1, 0.15) is 65.2 Å². The minimum atomic E-state index is -1.13. The third kappa shape index (κ3) is 4.17. The molecule has 8 atom stereocenters. The largest absolute Gasteiger partial charge is 0.359 e. The van der Waals surface area contributed by atoms with Crippen LogP contribution in [-0.4, -0.2) is 52.5 Å². The molecule has 8 heteroatoms. The number of hydrogen-bond acceptors (Lipinski definition) is 4. The molecule has 7 nitrogen and oxygen atoms in total. The Morgan fingerprint density at radius 1 is 1.05 bits per heavy atom. The Balaban J connectivity index is 1.34. The molecule has 1 aromatic carbocycles. The smallest absolute Gasteiger partial charge is 0.246 e. The molecule has 0 aromatic heterocycles. The Labute approximate surface area is 229 Å². The van der Waals surface area contributed by atoms with Gasteiger partial charge in [0.15, 0.2) is 0 Å². The molecule has 2 bridgehead atoms. The average Bonchev–Trinajstić information content (AvgIpc) is 3.54. The van der Waals surface area contributed by atoms with Crippen LogP contribution >= 0.6 is 11.6 Å². The minimum Gasteiger partial charge on any atom is -0.359 e. The maximum absolute atomic E-state index is 14.4. The molecule has 2 saturated heterocycles. The molecule has 3 heterocycles. The topological polar surface area (TPSA) is 87.7 Å². The summed E-state index contributed by atoms with van der Waals surface area (Å²) < 4.78 is 6.53. The molecule has 6 rings (SSSR count). The van der Waals surface area contributed by atoms with Gasteiger partial charge in [0.25, 0.3) is 0 Å². The molecule has 1 aromatic rings. The molecule has 204 valence electrons. The van der Waals surface area contributed by atoms with Crippen LogP contribution in [0.5, 0.6) is 0 Å². The lowest BCUT2D eigenvalue weighted by atomic mass is 9.74. The molecule has 2 saturated carbocycles. The van der Waals surface area contributed by atoms with E-state index in [2.05, 4.69) is 24.5 Å². The summed E-state index contributed by atoms with van der Waals surface area (Å²) in [7, 11) is 0. The lowest BCUT2D eigenvalue weighted by Crippen LogP contribution is -2.60. The molecule has 0 unspecified atom stereocenters. The van der Waals surface area contributed by atoms with Crippen molar-refractivity contribution in [1.82, 2.24) is 10.2 Å². The van der Waals surface area contributed by atoms with E-state index in [4.69, 9.17) is 16.3 Å². The number of hydrogen-bond donors (Lipinski definition) is 2. The highest BCUT2D eigenvalue weighted by atomic mass is 35.5. The second-order valence-corrected chi connectivity index (χ2v) is 12.6. The van der Waals surface area contributed by atoms with Gasteiger partial charge in [0.1, 0.15) is 11.6 Å². The number of amides is 3. The quantitative estimate of drug-likeness (QED) is 0.531. The molecule has 5 aliphatic rings. The maximum Gasteiger partial charge on any atom is 0.246 e. The zero-order valence-corrected chi connectivity index (χ0v) is 23.0. The van der Waals surface area contributed by atoms with Crippen LogP contribution in [0.2, 0.25) is 5.02 Å². The van der Waals surface area contributed by atoms with Gasteiger partial charge in [0, 0.05) is 22.8 Å². The van der Waals surface area contributed by atoms with Gasteiger partial charge in [-0.3, -0.25) is 14.4 Å². The average molecular weight is 540 g/mol. The van der Waals surface area contributed by atoms with Gasteiger partial charge in [-0.15, -0.1) is 0 Å². The van der Waals surface area contributed by atoms with Crippen LogP contribution < -0.4 is 10.6 Å². The third-order valence-electron chi connectivity index (χ3n) is 9.93. The van der Waals surface area contributed by atoms with E-state index >= 15 is 0 Å². The molecular formula is C30H38ClN3O4. The summed E-state index contributed by atoms with van der Waals surface area (Å²) in [6.45, 7) is 4.43. The summed E-state index contributed by atoms with van der Waals surface area (Å²) in [6, 6.07) is 6.28. The SMILES string of the molecule is C[C@H]1[C@H](C)CCC[C@@H]1N1C(=O)[C@@H]2[C@H](C(=O)Nc3cccc(Cl)c3)[C@@H]3C=C[C@@]2(O3)[C@@H]1C(=O)NC1CCCCC1. The maximum atomic E-state index is 14.4. The standard InChI is InChI=1S/C30H38ClN3O4/c1-17-8-6-13-22(18(17)2)34-26(28(36)32-20-10-4-3-5-11-20)30-15-14-23(38-30)24(25(30)29(34)37)27(35)33-21-12-7-9-19(31)16-21/h7,9,12,14-18,20,22-26H,3-6,8,10-11,13H2,1-2H3,(H,32,36)(H,33,35)/t17-,18+,22+,23+,24-,25+,26+,30+/m1/s1. The summed E-state index contributed by atoms with van der Waals surface area (Å²) >= 11 is 6.13. The fraction of sp³-hybridized carbons (Fsp3) is 0.633. The normalized spacial score (nSPS) is 38.3. The first-order valence-electron chi connectivity index (χ1n) is 14.4. The van der Waals surface area contributed by atoms with Crippen molar-refractivity contribution in [3.8, 4) is 0 Å². The van der Waals surface area contributed by atoms with Gasteiger partial charge in [-0.05, 0) is 49.3 Å². The Hall–Kier alpha value is -2.38. The van der Waals surface area contributed by atoms with Crippen molar-refractivity contribution in [3.63, 3.8) is 0 Å². The molecule has 1 spiro atoms. The van der Waals surface area contributed by atoms with Crippen LogP contribution in [-0.2, 0) is 19.1 Å². The predicted octanol–water partition coefficient (Wildman–Crippen LogP) is 4.70. The summed E-state index contributed by atoms with van der Waals surface area (Å²) in [5.41, 5.74) is -0.552. The monoisotopic (exact) mass is 539 g/mol. The number of anilines is 1. The fourth-order valence-corrected chi connectivity index (χ4v) is 8.02. The number of rotatable bonds is 5. The Bertz CT molecular complexity index is 1150. The number of nitrogens with zero attached hydrogens (tertiary/aromatic N) is 1. The number of likely N-dealkylation sites (tertiary alicyclic amines) is 1.